The van der Waals surface area contributed by atoms with Gasteiger partial charge in [0.2, 0.25) is 0 Å². The summed E-state index contributed by atoms with van der Waals surface area (Å²) in [7, 11) is 0. The first-order valence-corrected chi connectivity index (χ1v) is 8.93. The second-order valence-electron chi connectivity index (χ2n) is 6.33. The van der Waals surface area contributed by atoms with Gasteiger partial charge in [-0.1, -0.05) is 11.6 Å². The number of hydrogen-bond donors (Lipinski definition) is 3. The van der Waals surface area contributed by atoms with E-state index in [4.69, 9.17) is 16.0 Å². The largest absolute Gasteiger partial charge is 0.451 e. The van der Waals surface area contributed by atoms with Gasteiger partial charge in [-0.3, -0.25) is 14.9 Å². The van der Waals surface area contributed by atoms with Gasteiger partial charge in [0.25, 0.3) is 11.8 Å². The summed E-state index contributed by atoms with van der Waals surface area (Å²) < 4.78 is 7.26. The Hall–Kier alpha value is -3.33. The summed E-state index contributed by atoms with van der Waals surface area (Å²) in [6.07, 6.45) is 3.23. The Bertz CT molecular complexity index is 1100. The maximum absolute atomic E-state index is 12.6. The third-order valence-corrected chi connectivity index (χ3v) is 4.83. The fourth-order valence-corrected chi connectivity index (χ4v) is 3.40. The van der Waals surface area contributed by atoms with Gasteiger partial charge < -0.3 is 19.6 Å². The fourth-order valence-electron chi connectivity index (χ4n) is 3.22. The van der Waals surface area contributed by atoms with E-state index in [1.165, 1.54) is 6.20 Å². The highest BCUT2D eigenvalue weighted by atomic mass is 35.5. The summed E-state index contributed by atoms with van der Waals surface area (Å²) in [5.41, 5.74) is -1.00. The molecule has 4 amide bonds. The molecule has 1 atom stereocenters. The van der Waals surface area contributed by atoms with Crippen LogP contribution in [0, 0.1) is 0 Å². The zero-order valence-electron chi connectivity index (χ0n) is 14.8. The average Bonchev–Trinajstić information content (AvgIpc) is 3.36. The summed E-state index contributed by atoms with van der Waals surface area (Å²) in [5.74, 6) is -0.726. The van der Waals surface area contributed by atoms with E-state index in [-0.39, 0.29) is 12.3 Å². The topological polar surface area (TPSA) is 118 Å². The van der Waals surface area contributed by atoms with Crippen molar-refractivity contribution in [2.45, 2.75) is 19.0 Å². The molecular weight excluding hydrogens is 386 g/mol. The summed E-state index contributed by atoms with van der Waals surface area (Å²) >= 11 is 5.95. The molecule has 0 radical (unpaired) electrons. The number of fused-ring (bicyclic) bond motifs is 1. The SMILES string of the molecule is CCn1ccnc1[C@]1(CNC(=O)c2cc3cc(Cl)ccc3o2)NC(=O)NC1=O. The lowest BCUT2D eigenvalue weighted by Gasteiger charge is -2.26. The lowest BCUT2D eigenvalue weighted by atomic mass is 9.98. The molecule has 3 heterocycles. The molecule has 144 valence electrons. The third kappa shape index (κ3) is 2.89. The second kappa shape index (κ2) is 6.68. The molecule has 1 aliphatic rings. The van der Waals surface area contributed by atoms with Crippen molar-refractivity contribution in [3.8, 4) is 0 Å². The zero-order chi connectivity index (χ0) is 19.9. The molecule has 1 aromatic carbocycles. The number of benzene rings is 1. The molecule has 0 unspecified atom stereocenters. The number of imidazole rings is 1. The van der Waals surface area contributed by atoms with E-state index in [9.17, 15) is 14.4 Å². The van der Waals surface area contributed by atoms with E-state index in [2.05, 4.69) is 20.9 Å². The van der Waals surface area contributed by atoms with Gasteiger partial charge in [0.05, 0.1) is 6.54 Å². The Kier molecular flexibility index (Phi) is 4.31. The number of carbonyl (C=O) groups is 3. The van der Waals surface area contributed by atoms with Gasteiger partial charge in [-0.05, 0) is 31.2 Å². The van der Waals surface area contributed by atoms with Crippen LogP contribution in [0.4, 0.5) is 4.79 Å². The van der Waals surface area contributed by atoms with Gasteiger partial charge in [-0.2, -0.15) is 0 Å². The smallest absolute Gasteiger partial charge is 0.322 e. The number of imide groups is 1. The molecule has 0 bridgehead atoms. The molecule has 0 spiro atoms. The van der Waals surface area contributed by atoms with E-state index in [1.807, 2.05) is 6.92 Å². The monoisotopic (exact) mass is 401 g/mol. The highest BCUT2D eigenvalue weighted by molar-refractivity contribution is 6.31. The fraction of sp³-hybridized carbons (Fsp3) is 0.222. The first-order chi connectivity index (χ1) is 13.4. The molecule has 3 aromatic rings. The number of hydrogen-bond acceptors (Lipinski definition) is 5. The van der Waals surface area contributed by atoms with E-state index in [1.54, 1.807) is 35.0 Å². The Morgan fingerprint density at radius 1 is 1.36 bits per heavy atom. The van der Waals surface area contributed by atoms with Crippen molar-refractivity contribution < 1.29 is 18.8 Å². The molecular formula is C18H16ClN5O4. The van der Waals surface area contributed by atoms with Crippen molar-refractivity contribution in [2.24, 2.45) is 0 Å². The predicted octanol–water partition coefficient (Wildman–Crippen LogP) is 1.77. The Balaban J connectivity index is 1.61. The van der Waals surface area contributed by atoms with Gasteiger partial charge in [0, 0.05) is 29.3 Å². The van der Waals surface area contributed by atoms with E-state index < -0.39 is 23.4 Å². The number of urea groups is 1. The number of aromatic nitrogens is 2. The quantitative estimate of drug-likeness (QED) is 0.563. The maximum atomic E-state index is 12.6. The first-order valence-electron chi connectivity index (χ1n) is 8.55. The second-order valence-corrected chi connectivity index (χ2v) is 6.76. The Labute approximate surface area is 164 Å². The minimum absolute atomic E-state index is 0.0657. The number of furan rings is 1. The van der Waals surface area contributed by atoms with E-state index in [0.717, 1.165) is 0 Å². The average molecular weight is 402 g/mol. The van der Waals surface area contributed by atoms with Crippen LogP contribution in [0.25, 0.3) is 11.0 Å². The van der Waals surface area contributed by atoms with E-state index >= 15 is 0 Å². The van der Waals surface area contributed by atoms with Crippen molar-refractivity contribution in [1.82, 2.24) is 25.5 Å². The van der Waals surface area contributed by atoms with Crippen LogP contribution in [0.15, 0.2) is 41.1 Å². The molecule has 1 fully saturated rings. The lowest BCUT2D eigenvalue weighted by Crippen LogP contribution is -2.54. The number of nitrogens with zero attached hydrogens (tertiary/aromatic N) is 2. The Morgan fingerprint density at radius 2 is 2.18 bits per heavy atom. The van der Waals surface area contributed by atoms with Crippen LogP contribution in [-0.4, -0.2) is 33.9 Å². The number of nitrogens with one attached hydrogen (secondary N) is 3. The number of carbonyl (C=O) groups excluding carboxylic acids is 3. The molecule has 10 heteroatoms. The Morgan fingerprint density at radius 3 is 2.89 bits per heavy atom. The molecule has 1 aliphatic heterocycles. The predicted molar refractivity (Wildman–Crippen MR) is 99.8 cm³/mol. The van der Waals surface area contributed by atoms with Gasteiger partial charge in [-0.15, -0.1) is 0 Å². The number of aryl methyl sites for hydroxylation is 1. The van der Waals surface area contributed by atoms with Crippen LogP contribution in [0.5, 0.6) is 0 Å². The van der Waals surface area contributed by atoms with Crippen LogP contribution in [-0.2, 0) is 16.9 Å². The van der Waals surface area contributed by atoms with Crippen molar-refractivity contribution in [1.29, 1.82) is 0 Å². The van der Waals surface area contributed by atoms with Crippen LogP contribution >= 0.6 is 11.6 Å². The van der Waals surface area contributed by atoms with Crippen LogP contribution < -0.4 is 16.0 Å². The van der Waals surface area contributed by atoms with Crippen LogP contribution in [0.2, 0.25) is 5.02 Å². The molecule has 0 saturated carbocycles. The third-order valence-electron chi connectivity index (χ3n) is 4.60. The minimum atomic E-state index is -1.51. The molecule has 3 N–H and O–H groups in total. The summed E-state index contributed by atoms with van der Waals surface area (Å²) in [4.78, 5) is 41.2. The van der Waals surface area contributed by atoms with Gasteiger partial charge >= 0.3 is 6.03 Å². The summed E-state index contributed by atoms with van der Waals surface area (Å²) in [6.45, 7) is 2.22. The van der Waals surface area contributed by atoms with E-state index in [0.29, 0.717) is 28.4 Å². The van der Waals surface area contributed by atoms with Gasteiger partial charge in [0.15, 0.2) is 11.3 Å². The summed E-state index contributed by atoms with van der Waals surface area (Å²) in [5, 5.41) is 8.65. The van der Waals surface area contributed by atoms with Crippen molar-refractivity contribution in [3.05, 3.63) is 53.3 Å². The number of amides is 4. The maximum Gasteiger partial charge on any atom is 0.322 e. The normalized spacial score (nSPS) is 18.9. The molecule has 1 saturated heterocycles. The molecule has 9 nitrogen and oxygen atoms in total. The highest BCUT2D eigenvalue weighted by Gasteiger charge is 2.51. The van der Waals surface area contributed by atoms with Crippen LogP contribution in [0.3, 0.4) is 0 Å². The lowest BCUT2D eigenvalue weighted by molar-refractivity contribution is -0.124. The standard InChI is InChI=1S/C18H16ClN5O4/c1-2-24-6-5-20-15(24)18(16(26)22-17(27)23-18)9-21-14(25)13-8-10-7-11(19)3-4-12(10)28-13/h3-8H,2,9H2,1H3,(H,21,25)(H2,22,23,26,27)/t18-/m0/s1. The van der Waals surface area contributed by atoms with Crippen LogP contribution in [0.1, 0.15) is 23.3 Å². The zero-order valence-corrected chi connectivity index (χ0v) is 15.5. The molecule has 2 aromatic heterocycles. The van der Waals surface area contributed by atoms with Crippen molar-refractivity contribution in [2.75, 3.05) is 6.54 Å². The van der Waals surface area contributed by atoms with Crippen molar-refractivity contribution >= 4 is 40.4 Å². The molecule has 28 heavy (non-hydrogen) atoms. The molecule has 4 rings (SSSR count). The van der Waals surface area contributed by atoms with Gasteiger partial charge in [-0.25, -0.2) is 9.78 Å². The molecule has 0 aliphatic carbocycles. The summed E-state index contributed by atoms with van der Waals surface area (Å²) in [6, 6.07) is 5.92. The first kappa shape index (κ1) is 18.1. The highest BCUT2D eigenvalue weighted by Crippen LogP contribution is 2.25. The number of rotatable bonds is 5. The number of halogens is 1. The minimum Gasteiger partial charge on any atom is -0.451 e. The van der Waals surface area contributed by atoms with Gasteiger partial charge in [0.1, 0.15) is 11.4 Å². The van der Waals surface area contributed by atoms with Crippen molar-refractivity contribution in [3.63, 3.8) is 0 Å².